The van der Waals surface area contributed by atoms with Gasteiger partial charge in [-0.2, -0.15) is 0 Å². The molecule has 0 N–H and O–H groups in total. The number of aromatic nitrogens is 1. The first kappa shape index (κ1) is 21.1. The predicted molar refractivity (Wildman–Crippen MR) is 103 cm³/mol. The number of benzene rings is 2. The van der Waals surface area contributed by atoms with Crippen LogP contribution < -0.4 is 10.6 Å². The fraction of sp³-hybridized carbons (Fsp3) is 0.105. The van der Waals surface area contributed by atoms with Gasteiger partial charge in [-0.05, 0) is 35.7 Å². The molecular weight excluding hydrogens is 515 g/mol. The van der Waals surface area contributed by atoms with Gasteiger partial charge in [0.05, 0.1) is 0 Å². The van der Waals surface area contributed by atoms with Crippen molar-refractivity contribution < 1.29 is 24.5 Å². The molecule has 2 atom stereocenters. The summed E-state index contributed by atoms with van der Waals surface area (Å²) in [7, 11) is 1.89. The van der Waals surface area contributed by atoms with Gasteiger partial charge >= 0.3 is 0 Å². The van der Waals surface area contributed by atoms with E-state index in [0.29, 0.717) is 0 Å². The van der Waals surface area contributed by atoms with Crippen LogP contribution >= 0.6 is 17.2 Å². The summed E-state index contributed by atoms with van der Waals surface area (Å²) < 4.78 is 12.6. The summed E-state index contributed by atoms with van der Waals surface area (Å²) in [5.41, 5.74) is 1.62. The van der Waals surface area contributed by atoms with Crippen LogP contribution in [0.15, 0.2) is 66.9 Å². The molecule has 2 unspecified atom stereocenters. The molecule has 0 spiro atoms. The maximum atomic E-state index is 12.6. The second-order valence-electron chi connectivity index (χ2n) is 4.68. The smallest absolute Gasteiger partial charge is 0.0379 e. The molecule has 0 aliphatic carbocycles. The average molecular weight is 535 g/mol. The second-order valence-corrected chi connectivity index (χ2v) is 6.76. The Morgan fingerprint density at radius 2 is 1.50 bits per heavy atom. The van der Waals surface area contributed by atoms with Crippen LogP contribution in [0.3, 0.4) is 0 Å². The van der Waals surface area contributed by atoms with Gasteiger partial charge in [0.25, 0.3) is 0 Å². The number of nitrogens with zero attached hydrogens (tertiary/aromatic N) is 1. The first-order valence-electron chi connectivity index (χ1n) is 7.27. The number of halogens is 1. The summed E-state index contributed by atoms with van der Waals surface area (Å²) in [5, 5.41) is 3.06. The molecule has 1 heterocycles. The molecule has 0 saturated heterocycles. The third kappa shape index (κ3) is 6.50. The third-order valence-electron chi connectivity index (χ3n) is 3.18. The van der Waals surface area contributed by atoms with Crippen molar-refractivity contribution in [2.24, 2.45) is 0 Å². The van der Waals surface area contributed by atoms with E-state index in [1.54, 1.807) is 12.3 Å². The zero-order valence-corrected chi connectivity index (χ0v) is 17.9. The molecule has 0 saturated carbocycles. The van der Waals surface area contributed by atoms with E-state index in [2.05, 4.69) is 48.6 Å². The molecular formula is C19H19FIrNP2-. The van der Waals surface area contributed by atoms with E-state index in [1.165, 1.54) is 22.7 Å². The zero-order valence-electron chi connectivity index (χ0n) is 13.5. The molecule has 0 aliphatic heterocycles. The Morgan fingerprint density at radius 1 is 0.875 bits per heavy atom. The minimum absolute atomic E-state index is 0. The van der Waals surface area contributed by atoms with E-state index < -0.39 is 0 Å². The van der Waals surface area contributed by atoms with Crippen molar-refractivity contribution in [1.29, 1.82) is 0 Å². The molecule has 1 radical (unpaired) electrons. The van der Waals surface area contributed by atoms with Gasteiger partial charge in [0.1, 0.15) is 0 Å². The molecule has 0 fully saturated rings. The minimum Gasteiger partial charge on any atom is -0.305 e. The Morgan fingerprint density at radius 3 is 1.96 bits per heavy atom. The monoisotopic (exact) mass is 535 g/mol. The summed E-state index contributed by atoms with van der Waals surface area (Å²) in [6, 6.07) is 21.5. The van der Waals surface area contributed by atoms with Crippen LogP contribution in [0.2, 0.25) is 0 Å². The topological polar surface area (TPSA) is 12.9 Å². The van der Waals surface area contributed by atoms with Crippen molar-refractivity contribution in [3.05, 3.63) is 78.7 Å². The Labute approximate surface area is 160 Å². The number of hydrogen-bond acceptors (Lipinski definition) is 1. The molecule has 0 aliphatic rings. The van der Waals surface area contributed by atoms with Crippen LogP contribution in [0, 0.1) is 11.9 Å². The van der Waals surface area contributed by atoms with Crippen molar-refractivity contribution in [2.75, 3.05) is 13.3 Å². The van der Waals surface area contributed by atoms with E-state index in [9.17, 15) is 4.39 Å². The van der Waals surface area contributed by atoms with E-state index >= 15 is 0 Å². The summed E-state index contributed by atoms with van der Waals surface area (Å²) in [6.07, 6.45) is 1.70. The fourth-order valence-electron chi connectivity index (χ4n) is 2.01. The Balaban J connectivity index is 0.000000238. The number of hydrogen-bond donors (Lipinski definition) is 0. The first-order valence-corrected chi connectivity index (χ1v) is 10.3. The quantitative estimate of drug-likeness (QED) is 0.362. The van der Waals surface area contributed by atoms with E-state index in [0.717, 1.165) is 28.4 Å². The summed E-state index contributed by atoms with van der Waals surface area (Å²) in [6.45, 7) is 4.47. The van der Waals surface area contributed by atoms with Gasteiger partial charge in [-0.25, -0.2) is 0 Å². The van der Waals surface area contributed by atoms with Gasteiger partial charge in [0.15, 0.2) is 0 Å². The largest absolute Gasteiger partial charge is 0.305 e. The van der Waals surface area contributed by atoms with Gasteiger partial charge in [-0.1, -0.05) is 53.6 Å². The summed E-state index contributed by atoms with van der Waals surface area (Å²) in [5.74, 6) is -0.278. The summed E-state index contributed by atoms with van der Waals surface area (Å²) >= 11 is 0. The molecule has 5 heteroatoms. The maximum Gasteiger partial charge on any atom is 0.0379 e. The minimum atomic E-state index is -0.278. The number of pyridine rings is 1. The van der Waals surface area contributed by atoms with Crippen LogP contribution in [0.4, 0.5) is 4.39 Å². The average Bonchev–Trinajstić information content (AvgIpc) is 2.63. The van der Waals surface area contributed by atoms with Crippen LogP contribution in [-0.2, 0) is 20.1 Å². The fourth-order valence-corrected chi connectivity index (χ4v) is 3.99. The van der Waals surface area contributed by atoms with Crippen LogP contribution in [0.5, 0.6) is 0 Å². The van der Waals surface area contributed by atoms with Gasteiger partial charge in [0.2, 0.25) is 0 Å². The molecule has 127 valence electrons. The normalized spacial score (nSPS) is 10.5. The number of rotatable bonds is 3. The van der Waals surface area contributed by atoms with Gasteiger partial charge < -0.3 is 4.98 Å². The van der Waals surface area contributed by atoms with Crippen molar-refractivity contribution in [3.63, 3.8) is 0 Å². The second kappa shape index (κ2) is 11.6. The van der Waals surface area contributed by atoms with Crippen molar-refractivity contribution >= 4 is 27.8 Å². The predicted octanol–water partition coefficient (Wildman–Crippen LogP) is 4.24. The molecule has 0 bridgehead atoms. The van der Waals surface area contributed by atoms with E-state index in [1.807, 2.05) is 18.2 Å². The Kier molecular flexibility index (Phi) is 10.2. The summed E-state index contributed by atoms with van der Waals surface area (Å²) in [4.78, 5) is 4.12. The van der Waals surface area contributed by atoms with Gasteiger partial charge in [0, 0.05) is 32.1 Å². The Hall–Kier alpha value is -0.971. The standard InChI is InChI=1S/C11H7FN.C8H12P2.Ir/c12-10-6-4-9(5-7-10)11-3-1-2-8-13-11;1-9-7-5-3-4-6-8(7)10-2;/h1-4,6-8H;3-6,9-10H,1-2H3;/q-1;;. The molecule has 3 aromatic rings. The van der Waals surface area contributed by atoms with Crippen molar-refractivity contribution in [1.82, 2.24) is 4.98 Å². The van der Waals surface area contributed by atoms with E-state index in [-0.39, 0.29) is 25.9 Å². The van der Waals surface area contributed by atoms with Crippen molar-refractivity contribution in [3.8, 4) is 11.3 Å². The third-order valence-corrected chi connectivity index (χ3v) is 5.38. The Bertz CT molecular complexity index is 698. The van der Waals surface area contributed by atoms with Crippen LogP contribution in [-0.4, -0.2) is 18.3 Å². The first-order chi connectivity index (χ1) is 11.2. The van der Waals surface area contributed by atoms with E-state index in [4.69, 9.17) is 0 Å². The molecule has 24 heavy (non-hydrogen) atoms. The molecule has 0 amide bonds. The van der Waals surface area contributed by atoms with Crippen molar-refractivity contribution in [2.45, 2.75) is 0 Å². The molecule has 1 aromatic heterocycles. The van der Waals surface area contributed by atoms with Crippen LogP contribution in [0.25, 0.3) is 11.3 Å². The molecule has 1 nitrogen and oxygen atoms in total. The van der Waals surface area contributed by atoms with Gasteiger partial charge in [-0.3, -0.25) is 4.39 Å². The zero-order chi connectivity index (χ0) is 16.5. The van der Waals surface area contributed by atoms with Gasteiger partial charge in [-0.15, -0.1) is 29.8 Å². The SMILES string of the molecule is CPc1ccccc1PC.Fc1c[c-]c(-c2ccccn2)cc1.[Ir]. The van der Waals surface area contributed by atoms with Crippen LogP contribution in [0.1, 0.15) is 0 Å². The maximum absolute atomic E-state index is 12.6. The molecule has 2 aromatic carbocycles. The molecule has 3 rings (SSSR count).